The average molecular weight is 384 g/mol. The van der Waals surface area contributed by atoms with Crippen molar-refractivity contribution in [1.29, 1.82) is 0 Å². The molecule has 1 aliphatic rings. The maximum absolute atomic E-state index is 12.6. The second-order valence-corrected chi connectivity index (χ2v) is 7.37. The Kier molecular flexibility index (Phi) is 4.01. The number of hydrogen-bond acceptors (Lipinski definition) is 7. The molecule has 1 aromatic heterocycles. The Morgan fingerprint density at radius 1 is 1.14 bits per heavy atom. The fraction of sp³-hybridized carbons (Fsp3) is 0.286. The Morgan fingerprint density at radius 3 is 2.57 bits per heavy atom. The van der Waals surface area contributed by atoms with Crippen molar-refractivity contribution < 1.29 is 29.2 Å². The minimum atomic E-state index is -0.788. The lowest BCUT2D eigenvalue weighted by Gasteiger charge is -2.37. The van der Waals surface area contributed by atoms with Gasteiger partial charge in [-0.1, -0.05) is 0 Å². The van der Waals surface area contributed by atoms with Crippen molar-refractivity contribution >= 4 is 11.0 Å². The van der Waals surface area contributed by atoms with Gasteiger partial charge in [-0.3, -0.25) is 0 Å². The van der Waals surface area contributed by atoms with Crippen LogP contribution in [0.3, 0.4) is 0 Å². The Morgan fingerprint density at radius 2 is 1.89 bits per heavy atom. The van der Waals surface area contributed by atoms with Gasteiger partial charge in [-0.25, -0.2) is 4.79 Å². The van der Waals surface area contributed by atoms with E-state index in [1.165, 1.54) is 19.2 Å². The number of aromatic hydroxyl groups is 2. The van der Waals surface area contributed by atoms with Gasteiger partial charge in [0, 0.05) is 29.7 Å². The number of hydrogen-bond donors (Lipinski definition) is 3. The van der Waals surface area contributed by atoms with Crippen LogP contribution in [0.15, 0.2) is 39.5 Å². The number of phenolic OH excluding ortho intramolecular Hbond substituents is 2. The zero-order chi connectivity index (χ0) is 20.2. The third kappa shape index (κ3) is 2.75. The Bertz CT molecular complexity index is 1140. The van der Waals surface area contributed by atoms with Crippen molar-refractivity contribution in [3.8, 4) is 34.1 Å². The molecule has 2 heterocycles. The molecule has 2 aromatic carbocycles. The van der Waals surface area contributed by atoms with Crippen molar-refractivity contribution in [3.05, 3.63) is 46.3 Å². The number of fused-ring (bicyclic) bond motifs is 2. The van der Waals surface area contributed by atoms with Gasteiger partial charge in [0.2, 0.25) is 0 Å². The summed E-state index contributed by atoms with van der Waals surface area (Å²) in [6, 6.07) is 7.13. The number of methoxy groups -OCH3 is 1. The quantitative estimate of drug-likeness (QED) is 0.583. The van der Waals surface area contributed by atoms with Crippen LogP contribution < -0.4 is 15.1 Å². The number of ether oxygens (including phenoxy) is 2. The third-order valence-corrected chi connectivity index (χ3v) is 5.10. The topological polar surface area (TPSA) is 109 Å². The molecule has 3 aromatic rings. The molecule has 1 atom stereocenters. The van der Waals surface area contributed by atoms with Crippen molar-refractivity contribution in [2.45, 2.75) is 32.0 Å². The van der Waals surface area contributed by atoms with E-state index in [2.05, 4.69) is 0 Å². The van der Waals surface area contributed by atoms with E-state index in [0.717, 1.165) is 6.07 Å². The highest BCUT2D eigenvalue weighted by Gasteiger charge is 2.38. The summed E-state index contributed by atoms with van der Waals surface area (Å²) in [7, 11) is 1.49. The van der Waals surface area contributed by atoms with Gasteiger partial charge >= 0.3 is 5.63 Å². The molecule has 0 amide bonds. The Balaban J connectivity index is 1.99. The molecule has 28 heavy (non-hydrogen) atoms. The second-order valence-electron chi connectivity index (χ2n) is 7.37. The summed E-state index contributed by atoms with van der Waals surface area (Å²) >= 11 is 0. The zero-order valence-electron chi connectivity index (χ0n) is 15.6. The van der Waals surface area contributed by atoms with Crippen molar-refractivity contribution in [2.75, 3.05) is 7.11 Å². The highest BCUT2D eigenvalue weighted by atomic mass is 16.5. The highest BCUT2D eigenvalue weighted by Crippen LogP contribution is 2.44. The molecule has 7 heteroatoms. The van der Waals surface area contributed by atoms with E-state index in [4.69, 9.17) is 13.9 Å². The van der Waals surface area contributed by atoms with E-state index in [-0.39, 0.29) is 28.2 Å². The van der Waals surface area contributed by atoms with Gasteiger partial charge in [-0.05, 0) is 32.0 Å². The summed E-state index contributed by atoms with van der Waals surface area (Å²) in [5, 5.41) is 30.5. The first-order valence-electron chi connectivity index (χ1n) is 8.78. The molecule has 0 spiro atoms. The Labute approximate surface area is 160 Å². The van der Waals surface area contributed by atoms with E-state index in [1.807, 2.05) is 0 Å². The fourth-order valence-corrected chi connectivity index (χ4v) is 3.49. The molecule has 0 saturated heterocycles. The van der Waals surface area contributed by atoms with Crippen LogP contribution in [0.2, 0.25) is 0 Å². The maximum atomic E-state index is 12.6. The van der Waals surface area contributed by atoms with Gasteiger partial charge in [0.1, 0.15) is 34.2 Å². The standard InChI is InChI=1S/C21H20O7/c1-21(2)18(24)8-14-17(28-21)9-16-13(19(14)26-3)7-12(20(25)27-16)11-5-4-10(22)6-15(11)23/h4-7,9,18,22-24H,8H2,1-3H3. The lowest BCUT2D eigenvalue weighted by atomic mass is 9.89. The fourth-order valence-electron chi connectivity index (χ4n) is 3.49. The minimum Gasteiger partial charge on any atom is -0.508 e. The molecule has 1 aliphatic heterocycles. The van der Waals surface area contributed by atoms with Gasteiger partial charge in [0.25, 0.3) is 0 Å². The van der Waals surface area contributed by atoms with Crippen LogP contribution >= 0.6 is 0 Å². The molecule has 1 unspecified atom stereocenters. The third-order valence-electron chi connectivity index (χ3n) is 5.10. The zero-order valence-corrected chi connectivity index (χ0v) is 15.6. The van der Waals surface area contributed by atoms with E-state index in [0.29, 0.717) is 28.9 Å². The monoisotopic (exact) mass is 384 g/mol. The summed E-state index contributed by atoms with van der Waals surface area (Å²) < 4.78 is 17.0. The first-order valence-corrected chi connectivity index (χ1v) is 8.78. The summed E-state index contributed by atoms with van der Waals surface area (Å²) in [5.41, 5.74) is -0.132. The van der Waals surface area contributed by atoms with Gasteiger partial charge in [0.15, 0.2) is 0 Å². The number of benzene rings is 2. The molecule has 0 radical (unpaired) electrons. The van der Waals surface area contributed by atoms with Crippen molar-refractivity contribution in [3.63, 3.8) is 0 Å². The van der Waals surface area contributed by atoms with Gasteiger partial charge in [0.05, 0.1) is 24.2 Å². The van der Waals surface area contributed by atoms with Gasteiger partial charge in [-0.2, -0.15) is 0 Å². The highest BCUT2D eigenvalue weighted by molar-refractivity contribution is 5.91. The molecule has 0 bridgehead atoms. The van der Waals surface area contributed by atoms with Crippen molar-refractivity contribution in [2.24, 2.45) is 0 Å². The lowest BCUT2D eigenvalue weighted by Crippen LogP contribution is -2.46. The smallest absolute Gasteiger partial charge is 0.344 e. The first-order chi connectivity index (χ1) is 13.2. The molecule has 0 fully saturated rings. The van der Waals surface area contributed by atoms with Gasteiger partial charge in [-0.15, -0.1) is 0 Å². The number of phenols is 2. The van der Waals surface area contributed by atoms with Crippen molar-refractivity contribution in [1.82, 2.24) is 0 Å². The molecule has 4 rings (SSSR count). The SMILES string of the molecule is COc1c2c(cc3oc(=O)c(-c4ccc(O)cc4O)cc13)OC(C)(C)C(O)C2. The van der Waals surface area contributed by atoms with Crippen LogP contribution in [0.1, 0.15) is 19.4 Å². The lowest BCUT2D eigenvalue weighted by molar-refractivity contribution is -0.0415. The second kappa shape index (κ2) is 6.17. The van der Waals surface area contributed by atoms with Gasteiger partial charge < -0.3 is 29.2 Å². The van der Waals surface area contributed by atoms with E-state index in [9.17, 15) is 20.1 Å². The van der Waals surface area contributed by atoms with Crippen LogP contribution in [0.4, 0.5) is 0 Å². The molecule has 0 aliphatic carbocycles. The minimum absolute atomic E-state index is 0.119. The van der Waals surface area contributed by atoms with Crippen LogP contribution in [-0.4, -0.2) is 34.1 Å². The largest absolute Gasteiger partial charge is 0.508 e. The number of aliphatic hydroxyl groups is 1. The molecule has 146 valence electrons. The van der Waals surface area contributed by atoms with E-state index < -0.39 is 17.3 Å². The number of rotatable bonds is 2. The van der Waals surface area contributed by atoms with Crippen LogP contribution in [0, 0.1) is 0 Å². The predicted octanol–water partition coefficient (Wildman–Crippen LogP) is 2.95. The predicted molar refractivity (Wildman–Crippen MR) is 102 cm³/mol. The summed E-state index contributed by atoms with van der Waals surface area (Å²) in [4.78, 5) is 12.6. The number of aliphatic hydroxyl groups excluding tert-OH is 1. The molecular formula is C21H20O7. The Hall–Kier alpha value is -3.19. The van der Waals surface area contributed by atoms with Crippen LogP contribution in [-0.2, 0) is 6.42 Å². The summed E-state index contributed by atoms with van der Waals surface area (Å²) in [5.74, 6) is 0.559. The summed E-state index contributed by atoms with van der Waals surface area (Å²) in [6.45, 7) is 3.56. The molecular weight excluding hydrogens is 364 g/mol. The first kappa shape index (κ1) is 18.2. The maximum Gasteiger partial charge on any atom is 0.344 e. The van der Waals surface area contributed by atoms with Crippen LogP contribution in [0.5, 0.6) is 23.0 Å². The molecule has 0 saturated carbocycles. The normalized spacial score (nSPS) is 17.8. The van der Waals surface area contributed by atoms with E-state index in [1.54, 1.807) is 26.0 Å². The molecule has 3 N–H and O–H groups in total. The van der Waals surface area contributed by atoms with E-state index >= 15 is 0 Å². The average Bonchev–Trinajstić information content (AvgIpc) is 2.61. The molecule has 7 nitrogen and oxygen atoms in total. The van der Waals surface area contributed by atoms with Crippen LogP contribution in [0.25, 0.3) is 22.1 Å². The summed E-state index contributed by atoms with van der Waals surface area (Å²) in [6.07, 6.45) is -0.414.